The number of nitro benzene ring substituents is 1. The van der Waals surface area contributed by atoms with Crippen LogP contribution in [0.25, 0.3) is 0 Å². The Kier molecular flexibility index (Phi) is 3.46. The van der Waals surface area contributed by atoms with Gasteiger partial charge in [0.2, 0.25) is 0 Å². The molecule has 17 heavy (non-hydrogen) atoms. The molecule has 1 N–H and O–H groups in total. The van der Waals surface area contributed by atoms with Crippen LogP contribution in [0.2, 0.25) is 0 Å². The van der Waals surface area contributed by atoms with Crippen molar-refractivity contribution in [2.24, 2.45) is 0 Å². The molecule has 0 saturated carbocycles. The molecule has 0 aliphatic rings. The number of para-hydroxylation sites is 1. The van der Waals surface area contributed by atoms with Gasteiger partial charge in [-0.2, -0.15) is 0 Å². The van der Waals surface area contributed by atoms with Crippen molar-refractivity contribution in [3.8, 4) is 0 Å². The van der Waals surface area contributed by atoms with Gasteiger partial charge in [0.1, 0.15) is 6.26 Å². The lowest BCUT2D eigenvalue weighted by atomic mass is 10.2. The van der Waals surface area contributed by atoms with Crippen LogP contribution in [0.3, 0.4) is 0 Å². The standard InChI is InChI=1S/C11H11N3O3/c15-14(16)11-4-2-1-3-9(11)7-12-8-10-5-6-17-13-10/h1-6,12H,7-8H2. The summed E-state index contributed by atoms with van der Waals surface area (Å²) in [6.07, 6.45) is 1.49. The Hall–Kier alpha value is -2.21. The Morgan fingerprint density at radius 1 is 1.29 bits per heavy atom. The first-order valence-corrected chi connectivity index (χ1v) is 5.09. The lowest BCUT2D eigenvalue weighted by Crippen LogP contribution is -2.13. The second kappa shape index (κ2) is 5.22. The molecule has 6 heteroatoms. The molecule has 1 aromatic carbocycles. The molecule has 1 heterocycles. The van der Waals surface area contributed by atoms with E-state index in [0.29, 0.717) is 18.7 Å². The minimum Gasteiger partial charge on any atom is -0.364 e. The fourth-order valence-electron chi connectivity index (χ4n) is 1.49. The van der Waals surface area contributed by atoms with Gasteiger partial charge < -0.3 is 9.84 Å². The molecule has 2 aromatic rings. The van der Waals surface area contributed by atoms with E-state index in [2.05, 4.69) is 15.0 Å². The van der Waals surface area contributed by atoms with Gasteiger partial charge in [-0.25, -0.2) is 0 Å². The summed E-state index contributed by atoms with van der Waals surface area (Å²) in [5.41, 5.74) is 1.55. The first kappa shape index (κ1) is 11.3. The van der Waals surface area contributed by atoms with E-state index in [4.69, 9.17) is 0 Å². The minimum absolute atomic E-state index is 0.125. The summed E-state index contributed by atoms with van der Waals surface area (Å²) in [5, 5.41) is 17.6. The highest BCUT2D eigenvalue weighted by atomic mass is 16.6. The predicted molar refractivity (Wildman–Crippen MR) is 60.1 cm³/mol. The maximum absolute atomic E-state index is 10.8. The average Bonchev–Trinajstić information content (AvgIpc) is 2.82. The topological polar surface area (TPSA) is 81.2 Å². The lowest BCUT2D eigenvalue weighted by molar-refractivity contribution is -0.385. The van der Waals surface area contributed by atoms with Crippen molar-refractivity contribution in [3.63, 3.8) is 0 Å². The van der Waals surface area contributed by atoms with Gasteiger partial charge in [-0.3, -0.25) is 10.1 Å². The number of nitrogens with one attached hydrogen (secondary N) is 1. The number of hydrogen-bond acceptors (Lipinski definition) is 5. The fraction of sp³-hybridized carbons (Fsp3) is 0.182. The van der Waals surface area contributed by atoms with Crippen LogP contribution in [-0.2, 0) is 13.1 Å². The highest BCUT2D eigenvalue weighted by Gasteiger charge is 2.11. The summed E-state index contributed by atoms with van der Waals surface area (Å²) >= 11 is 0. The average molecular weight is 233 g/mol. The molecule has 0 fully saturated rings. The third-order valence-electron chi connectivity index (χ3n) is 2.30. The zero-order chi connectivity index (χ0) is 12.1. The second-order valence-corrected chi connectivity index (χ2v) is 3.48. The van der Waals surface area contributed by atoms with Crippen molar-refractivity contribution >= 4 is 5.69 Å². The van der Waals surface area contributed by atoms with E-state index < -0.39 is 0 Å². The normalized spacial score (nSPS) is 10.4. The van der Waals surface area contributed by atoms with Crippen LogP contribution in [0.5, 0.6) is 0 Å². The van der Waals surface area contributed by atoms with Gasteiger partial charge in [-0.05, 0) is 0 Å². The Bertz CT molecular complexity index is 496. The van der Waals surface area contributed by atoms with Crippen molar-refractivity contribution < 1.29 is 9.45 Å². The van der Waals surface area contributed by atoms with Crippen LogP contribution >= 0.6 is 0 Å². The van der Waals surface area contributed by atoms with E-state index >= 15 is 0 Å². The van der Waals surface area contributed by atoms with Crippen LogP contribution in [0.1, 0.15) is 11.3 Å². The van der Waals surface area contributed by atoms with Crippen molar-refractivity contribution in [2.45, 2.75) is 13.1 Å². The van der Waals surface area contributed by atoms with Gasteiger partial charge in [0.25, 0.3) is 5.69 Å². The monoisotopic (exact) mass is 233 g/mol. The molecular weight excluding hydrogens is 222 g/mol. The Balaban J connectivity index is 1.97. The quantitative estimate of drug-likeness (QED) is 0.629. The molecular formula is C11H11N3O3. The minimum atomic E-state index is -0.382. The Morgan fingerprint density at radius 3 is 2.82 bits per heavy atom. The summed E-state index contributed by atoms with van der Waals surface area (Å²) in [5.74, 6) is 0. The Morgan fingerprint density at radius 2 is 2.12 bits per heavy atom. The second-order valence-electron chi connectivity index (χ2n) is 3.48. The van der Waals surface area contributed by atoms with Crippen molar-refractivity contribution in [3.05, 3.63) is 58.0 Å². The molecule has 0 saturated heterocycles. The number of benzene rings is 1. The number of aromatic nitrogens is 1. The molecule has 6 nitrogen and oxygen atoms in total. The van der Waals surface area contributed by atoms with Crippen molar-refractivity contribution in [1.29, 1.82) is 0 Å². The van der Waals surface area contributed by atoms with E-state index in [1.54, 1.807) is 24.3 Å². The summed E-state index contributed by atoms with van der Waals surface area (Å²) in [6.45, 7) is 0.937. The van der Waals surface area contributed by atoms with E-state index in [0.717, 1.165) is 5.69 Å². The zero-order valence-electron chi connectivity index (χ0n) is 9.00. The van der Waals surface area contributed by atoms with Crippen LogP contribution in [0.15, 0.2) is 41.1 Å². The van der Waals surface area contributed by atoms with Crippen molar-refractivity contribution in [2.75, 3.05) is 0 Å². The lowest BCUT2D eigenvalue weighted by Gasteiger charge is -2.03. The fourth-order valence-corrected chi connectivity index (χ4v) is 1.49. The third kappa shape index (κ3) is 2.88. The largest absolute Gasteiger partial charge is 0.364 e. The van der Waals surface area contributed by atoms with Gasteiger partial charge >= 0.3 is 0 Å². The number of rotatable bonds is 5. The van der Waals surface area contributed by atoms with Crippen LogP contribution in [0.4, 0.5) is 5.69 Å². The molecule has 0 amide bonds. The Labute approximate surface area is 97.4 Å². The van der Waals surface area contributed by atoms with E-state index in [1.807, 2.05) is 0 Å². The maximum Gasteiger partial charge on any atom is 0.273 e. The first-order valence-electron chi connectivity index (χ1n) is 5.09. The summed E-state index contributed by atoms with van der Waals surface area (Å²) in [6, 6.07) is 8.40. The number of nitrogens with zero attached hydrogens (tertiary/aromatic N) is 2. The highest BCUT2D eigenvalue weighted by molar-refractivity contribution is 5.39. The molecule has 0 aliphatic carbocycles. The molecule has 0 spiro atoms. The van der Waals surface area contributed by atoms with E-state index in [9.17, 15) is 10.1 Å². The molecule has 0 bridgehead atoms. The van der Waals surface area contributed by atoms with Gasteiger partial charge in [-0.15, -0.1) is 0 Å². The summed E-state index contributed by atoms with van der Waals surface area (Å²) < 4.78 is 4.68. The van der Waals surface area contributed by atoms with E-state index in [1.165, 1.54) is 12.3 Å². The smallest absolute Gasteiger partial charge is 0.273 e. The SMILES string of the molecule is O=[N+]([O-])c1ccccc1CNCc1ccon1. The third-order valence-corrected chi connectivity index (χ3v) is 2.30. The predicted octanol–water partition coefficient (Wildman–Crippen LogP) is 1.87. The number of nitro groups is 1. The first-order chi connectivity index (χ1) is 8.27. The van der Waals surface area contributed by atoms with Crippen LogP contribution in [-0.4, -0.2) is 10.1 Å². The molecule has 0 aliphatic heterocycles. The van der Waals surface area contributed by atoms with Crippen LogP contribution < -0.4 is 5.32 Å². The molecule has 0 unspecified atom stereocenters. The molecule has 0 atom stereocenters. The summed E-state index contributed by atoms with van der Waals surface area (Å²) in [4.78, 5) is 10.4. The molecule has 2 rings (SSSR count). The molecule has 0 radical (unpaired) electrons. The van der Waals surface area contributed by atoms with Gasteiger partial charge in [0.15, 0.2) is 0 Å². The van der Waals surface area contributed by atoms with Crippen LogP contribution in [0, 0.1) is 10.1 Å². The molecule has 88 valence electrons. The number of hydrogen-bond donors (Lipinski definition) is 1. The van der Waals surface area contributed by atoms with Gasteiger partial charge in [0, 0.05) is 30.8 Å². The maximum atomic E-state index is 10.8. The zero-order valence-corrected chi connectivity index (χ0v) is 9.00. The van der Waals surface area contributed by atoms with Gasteiger partial charge in [0.05, 0.1) is 10.6 Å². The van der Waals surface area contributed by atoms with Gasteiger partial charge in [-0.1, -0.05) is 23.4 Å². The van der Waals surface area contributed by atoms with Crippen molar-refractivity contribution in [1.82, 2.24) is 10.5 Å². The summed E-state index contributed by atoms with van der Waals surface area (Å²) in [7, 11) is 0. The molecule has 1 aromatic heterocycles. The van der Waals surface area contributed by atoms with E-state index in [-0.39, 0.29) is 10.6 Å². The highest BCUT2D eigenvalue weighted by Crippen LogP contribution is 2.17.